The molecule has 3 rings (SSSR count). The van der Waals surface area contributed by atoms with Gasteiger partial charge >= 0.3 is 5.97 Å². The smallest absolute Gasteiger partial charge is 0.355 e. The highest BCUT2D eigenvalue weighted by Crippen LogP contribution is 2.47. The molecule has 134 valence electrons. The van der Waals surface area contributed by atoms with Gasteiger partial charge in [-0.25, -0.2) is 4.79 Å². The van der Waals surface area contributed by atoms with E-state index in [4.69, 9.17) is 4.74 Å². The Kier molecular flexibility index (Phi) is 4.51. The number of aliphatic hydroxyl groups is 1. The lowest BCUT2D eigenvalue weighted by atomic mass is 9.83. The number of carbonyl (C=O) groups excluding carboxylic acids is 2. The fourth-order valence-electron chi connectivity index (χ4n) is 3.67. The Bertz CT molecular complexity index is 762. The van der Waals surface area contributed by atoms with E-state index in [1.54, 1.807) is 6.92 Å². The van der Waals surface area contributed by atoms with Gasteiger partial charge in [0.25, 0.3) is 0 Å². The molecule has 25 heavy (non-hydrogen) atoms. The molecule has 0 radical (unpaired) electrons. The predicted molar refractivity (Wildman–Crippen MR) is 91.1 cm³/mol. The third-order valence-electron chi connectivity index (χ3n) is 4.84. The number of β-lactam (4-membered cyclic amide) rings is 1. The van der Waals surface area contributed by atoms with Crippen LogP contribution in [-0.2, 0) is 20.9 Å². The number of aliphatic hydroxyl groups excluding tert-OH is 1. The summed E-state index contributed by atoms with van der Waals surface area (Å²) in [7, 11) is 0. The molecule has 7 heteroatoms. The molecule has 0 aromatic carbocycles. The fraction of sp³-hybridized carbons (Fsp3) is 0.500. The minimum Gasteiger partial charge on any atom is -0.457 e. The van der Waals surface area contributed by atoms with Crippen molar-refractivity contribution >= 4 is 17.4 Å². The van der Waals surface area contributed by atoms with E-state index in [0.717, 1.165) is 12.2 Å². The van der Waals surface area contributed by atoms with Gasteiger partial charge in [-0.05, 0) is 33.3 Å². The van der Waals surface area contributed by atoms with Gasteiger partial charge in [0.1, 0.15) is 12.3 Å². The van der Waals surface area contributed by atoms with Gasteiger partial charge in [0.2, 0.25) is 5.91 Å². The number of hydrogen-bond donors (Lipinski definition) is 1. The molecule has 3 heterocycles. The van der Waals surface area contributed by atoms with Crippen LogP contribution in [0.15, 0.2) is 24.4 Å². The van der Waals surface area contributed by atoms with Crippen LogP contribution in [-0.4, -0.2) is 50.4 Å². The van der Waals surface area contributed by atoms with E-state index in [9.17, 15) is 14.7 Å². The zero-order valence-corrected chi connectivity index (χ0v) is 14.7. The number of nitrogens with zero attached hydrogens (tertiary/aromatic N) is 3. The first kappa shape index (κ1) is 17.4. The largest absolute Gasteiger partial charge is 0.457 e. The van der Waals surface area contributed by atoms with Crippen molar-refractivity contribution in [1.82, 2.24) is 14.7 Å². The summed E-state index contributed by atoms with van der Waals surface area (Å²) in [5, 5.41) is 14.4. The first-order valence-electron chi connectivity index (χ1n) is 8.47. The first-order chi connectivity index (χ1) is 11.9. The van der Waals surface area contributed by atoms with Crippen LogP contribution in [0, 0.1) is 12.8 Å². The molecule has 1 saturated heterocycles. The highest BCUT2D eigenvalue weighted by Gasteiger charge is 2.57. The van der Waals surface area contributed by atoms with E-state index in [0.29, 0.717) is 17.7 Å². The number of hydrogen-bond acceptors (Lipinski definition) is 5. The van der Waals surface area contributed by atoms with Gasteiger partial charge < -0.3 is 14.7 Å². The van der Waals surface area contributed by atoms with Crippen molar-refractivity contribution in [3.05, 3.63) is 35.8 Å². The fourth-order valence-corrected chi connectivity index (χ4v) is 3.67. The molecule has 1 aromatic rings. The second-order valence-corrected chi connectivity index (χ2v) is 6.45. The molecule has 0 spiro atoms. The highest BCUT2D eigenvalue weighted by atomic mass is 16.5. The van der Waals surface area contributed by atoms with Gasteiger partial charge in [0.15, 0.2) is 0 Å². The van der Waals surface area contributed by atoms with Crippen molar-refractivity contribution in [2.24, 2.45) is 5.92 Å². The number of esters is 1. The first-order valence-corrected chi connectivity index (χ1v) is 8.47. The third kappa shape index (κ3) is 2.68. The summed E-state index contributed by atoms with van der Waals surface area (Å²) < 4.78 is 7.03. The van der Waals surface area contributed by atoms with Crippen LogP contribution in [0.1, 0.15) is 31.7 Å². The Morgan fingerprint density at radius 2 is 2.32 bits per heavy atom. The monoisotopic (exact) mass is 345 g/mol. The molecule has 2 aliphatic heterocycles. The highest BCUT2D eigenvalue weighted by molar-refractivity contribution is 6.06. The molecular weight excluding hydrogens is 322 g/mol. The summed E-state index contributed by atoms with van der Waals surface area (Å²) in [6, 6.07) is 1.69. The van der Waals surface area contributed by atoms with Crippen molar-refractivity contribution in [2.75, 3.05) is 6.61 Å². The van der Waals surface area contributed by atoms with Crippen molar-refractivity contribution in [1.29, 1.82) is 0 Å². The maximum atomic E-state index is 12.5. The molecule has 1 fully saturated rings. The van der Waals surface area contributed by atoms with Gasteiger partial charge in [-0.15, -0.1) is 0 Å². The summed E-state index contributed by atoms with van der Waals surface area (Å²) in [5.41, 5.74) is 2.60. The summed E-state index contributed by atoms with van der Waals surface area (Å²) in [6.45, 7) is 9.87. The number of rotatable bonds is 6. The molecule has 3 atom stereocenters. The minimum absolute atomic E-state index is 0.0740. The van der Waals surface area contributed by atoms with Crippen LogP contribution in [0.25, 0.3) is 5.57 Å². The molecule has 1 N–H and O–H groups in total. The van der Waals surface area contributed by atoms with Crippen LogP contribution in [0.4, 0.5) is 0 Å². The van der Waals surface area contributed by atoms with E-state index >= 15 is 0 Å². The number of aromatic nitrogens is 2. The summed E-state index contributed by atoms with van der Waals surface area (Å²) >= 11 is 0. The number of carbonyl (C=O) groups is 2. The van der Waals surface area contributed by atoms with Crippen LogP contribution < -0.4 is 0 Å². The number of fused-ring (bicyclic) bond motifs is 1. The molecule has 0 unspecified atom stereocenters. The van der Waals surface area contributed by atoms with Crippen molar-refractivity contribution in [3.8, 4) is 0 Å². The van der Waals surface area contributed by atoms with Crippen molar-refractivity contribution in [3.63, 3.8) is 0 Å². The zero-order chi connectivity index (χ0) is 18.3. The zero-order valence-electron chi connectivity index (χ0n) is 14.7. The SMILES string of the molecule is C=CCOC(=O)C1=C(c2cc(C)n(CC)n2)C[C@@H]2[C@@H]([C@@H](C)O)C(=O)N12. The predicted octanol–water partition coefficient (Wildman–Crippen LogP) is 1.26. The lowest BCUT2D eigenvalue weighted by molar-refractivity contribution is -0.162. The topological polar surface area (TPSA) is 84.7 Å². The Morgan fingerprint density at radius 1 is 1.60 bits per heavy atom. The van der Waals surface area contributed by atoms with E-state index in [-0.39, 0.29) is 24.3 Å². The summed E-state index contributed by atoms with van der Waals surface area (Å²) in [6.07, 6.45) is 1.21. The van der Waals surface area contributed by atoms with Crippen molar-refractivity contribution in [2.45, 2.75) is 45.9 Å². The van der Waals surface area contributed by atoms with Gasteiger partial charge in [-0.2, -0.15) is 5.10 Å². The average molecular weight is 345 g/mol. The Morgan fingerprint density at radius 3 is 2.88 bits per heavy atom. The van der Waals surface area contributed by atoms with Gasteiger partial charge in [-0.1, -0.05) is 12.7 Å². The normalized spacial score (nSPS) is 23.4. The van der Waals surface area contributed by atoms with Gasteiger partial charge in [-0.3, -0.25) is 9.48 Å². The minimum atomic E-state index is -0.756. The lowest BCUT2D eigenvalue weighted by Crippen LogP contribution is -2.61. The van der Waals surface area contributed by atoms with Crippen LogP contribution in [0.2, 0.25) is 0 Å². The van der Waals surface area contributed by atoms with E-state index < -0.39 is 18.0 Å². The van der Waals surface area contributed by atoms with Crippen molar-refractivity contribution < 1.29 is 19.4 Å². The maximum Gasteiger partial charge on any atom is 0.355 e. The number of aryl methyl sites for hydroxylation is 2. The second kappa shape index (κ2) is 6.48. The standard InChI is InChI=1S/C18H23N3O4/c1-5-7-25-18(24)16-12(13-8-10(3)20(6-2)19-13)9-14-15(11(4)22)17(23)21(14)16/h5,8,11,14-15,22H,1,6-7,9H2,2-4H3/t11-,14-,15-/m1/s1. The number of amides is 1. The molecule has 0 saturated carbocycles. The second-order valence-electron chi connectivity index (χ2n) is 6.45. The Labute approximate surface area is 146 Å². The van der Waals surface area contributed by atoms with Gasteiger partial charge in [0.05, 0.1) is 23.8 Å². The lowest BCUT2D eigenvalue weighted by Gasteiger charge is -2.44. The molecular formula is C18H23N3O4. The summed E-state index contributed by atoms with van der Waals surface area (Å²) in [5.74, 6) is -1.29. The van der Waals surface area contributed by atoms with Gasteiger partial charge in [0, 0.05) is 17.8 Å². The van der Waals surface area contributed by atoms with Crippen LogP contribution in [0.3, 0.4) is 0 Å². The Hall–Kier alpha value is -2.41. The average Bonchev–Trinajstić information content (AvgIpc) is 3.09. The van der Waals surface area contributed by atoms with E-state index in [1.165, 1.54) is 11.0 Å². The van der Waals surface area contributed by atoms with Crippen LogP contribution >= 0.6 is 0 Å². The Balaban J connectivity index is 2.01. The molecule has 2 aliphatic rings. The molecule has 1 aromatic heterocycles. The molecule has 7 nitrogen and oxygen atoms in total. The van der Waals surface area contributed by atoms with Crippen LogP contribution in [0.5, 0.6) is 0 Å². The molecule has 0 bridgehead atoms. The van der Waals surface area contributed by atoms with E-state index in [1.807, 2.05) is 24.6 Å². The molecule has 0 aliphatic carbocycles. The van der Waals surface area contributed by atoms with E-state index in [2.05, 4.69) is 11.7 Å². The maximum absolute atomic E-state index is 12.5. The molecule has 1 amide bonds. The summed E-state index contributed by atoms with van der Waals surface area (Å²) in [4.78, 5) is 26.5. The quantitative estimate of drug-likeness (QED) is 0.477. The number of ether oxygens (including phenoxy) is 1. The third-order valence-corrected chi connectivity index (χ3v) is 4.84.